The Balaban J connectivity index is 1.72. The fourth-order valence-corrected chi connectivity index (χ4v) is 3.81. The fraction of sp³-hybridized carbons (Fsp3) is 0.409. The van der Waals surface area contributed by atoms with E-state index in [0.717, 1.165) is 6.20 Å². The van der Waals surface area contributed by atoms with E-state index in [9.17, 15) is 18.4 Å². The van der Waals surface area contributed by atoms with Crippen LogP contribution in [-0.4, -0.2) is 36.5 Å². The lowest BCUT2D eigenvalue weighted by molar-refractivity contribution is -0.0195. The van der Waals surface area contributed by atoms with Crippen LogP contribution < -0.4 is 11.0 Å². The molecule has 1 aromatic heterocycles. The van der Waals surface area contributed by atoms with Crippen LogP contribution in [-0.2, 0) is 9.16 Å². The smallest absolute Gasteiger partial charge is 0.352 e. The summed E-state index contributed by atoms with van der Waals surface area (Å²) in [4.78, 5) is 28.2. The molecule has 1 aliphatic heterocycles. The molecule has 172 valence electrons. The van der Waals surface area contributed by atoms with Crippen molar-refractivity contribution >= 4 is 20.0 Å². The topological polar surface area (TPSA) is 82.5 Å². The minimum absolute atomic E-state index is 0.0305. The van der Waals surface area contributed by atoms with E-state index in [4.69, 9.17) is 9.16 Å². The molecule has 10 heteroatoms. The lowest BCUT2D eigenvalue weighted by Crippen LogP contribution is -2.42. The van der Waals surface area contributed by atoms with Crippen molar-refractivity contribution in [2.45, 2.75) is 51.2 Å². The molecule has 1 aromatic carbocycles. The number of amides is 1. The third-order valence-electron chi connectivity index (χ3n) is 5.73. The lowest BCUT2D eigenvalue weighted by Gasteiger charge is -2.36. The molecular weight excluding hydrogens is 436 g/mol. The molecule has 2 heterocycles. The zero-order valence-electron chi connectivity index (χ0n) is 18.7. The number of halogens is 2. The highest BCUT2D eigenvalue weighted by Crippen LogP contribution is 2.37. The Kier molecular flexibility index (Phi) is 6.77. The number of carbonyl (C=O) groups is 1. The molecular formula is C22H27F2N3O4Si. The highest BCUT2D eigenvalue weighted by atomic mass is 28.4. The minimum Gasteiger partial charge on any atom is -0.414 e. The number of benzene rings is 1. The van der Waals surface area contributed by atoms with Gasteiger partial charge in [-0.15, -0.1) is 0 Å². The van der Waals surface area contributed by atoms with E-state index in [1.54, 1.807) is 18.2 Å². The van der Waals surface area contributed by atoms with Gasteiger partial charge in [0.15, 0.2) is 26.2 Å². The average molecular weight is 464 g/mol. The van der Waals surface area contributed by atoms with E-state index in [1.165, 1.54) is 18.2 Å². The Hall–Kier alpha value is -2.69. The number of anilines is 1. The number of aromatic nitrogens is 2. The van der Waals surface area contributed by atoms with Crippen LogP contribution in [0.1, 0.15) is 37.4 Å². The van der Waals surface area contributed by atoms with Crippen molar-refractivity contribution in [3.8, 4) is 0 Å². The van der Waals surface area contributed by atoms with Gasteiger partial charge in [0.1, 0.15) is 11.9 Å². The average Bonchev–Trinajstić information content (AvgIpc) is 3.09. The van der Waals surface area contributed by atoms with E-state index >= 15 is 0 Å². The molecule has 0 bridgehead atoms. The van der Waals surface area contributed by atoms with E-state index in [2.05, 4.69) is 44.2 Å². The van der Waals surface area contributed by atoms with Gasteiger partial charge in [0.25, 0.3) is 5.91 Å². The molecule has 7 nitrogen and oxygen atoms in total. The normalized spacial score (nSPS) is 19.0. The van der Waals surface area contributed by atoms with Gasteiger partial charge < -0.3 is 14.5 Å². The van der Waals surface area contributed by atoms with Crippen LogP contribution >= 0.6 is 0 Å². The Morgan fingerprint density at radius 1 is 1.25 bits per heavy atom. The van der Waals surface area contributed by atoms with Crippen molar-refractivity contribution in [1.29, 1.82) is 0 Å². The highest BCUT2D eigenvalue weighted by molar-refractivity contribution is 6.74. The van der Waals surface area contributed by atoms with Crippen molar-refractivity contribution in [3.05, 3.63) is 70.3 Å². The molecule has 0 fully saturated rings. The number of carbonyl (C=O) groups excluding carboxylic acids is 1. The Labute approximate surface area is 186 Å². The van der Waals surface area contributed by atoms with Crippen LogP contribution in [0.2, 0.25) is 18.1 Å². The molecule has 1 aliphatic rings. The van der Waals surface area contributed by atoms with Crippen LogP contribution in [0, 0.1) is 5.82 Å². The van der Waals surface area contributed by atoms with Gasteiger partial charge >= 0.3 is 5.69 Å². The summed E-state index contributed by atoms with van der Waals surface area (Å²) in [6.45, 7) is 10.5. The van der Waals surface area contributed by atoms with Gasteiger partial charge in [-0.2, -0.15) is 4.98 Å². The Bertz CT molecular complexity index is 1080. The molecule has 0 saturated carbocycles. The molecule has 0 unspecified atom stereocenters. The van der Waals surface area contributed by atoms with Crippen molar-refractivity contribution in [1.82, 2.24) is 9.55 Å². The molecule has 2 atom stereocenters. The van der Waals surface area contributed by atoms with Gasteiger partial charge in [-0.3, -0.25) is 9.36 Å². The molecule has 0 saturated heterocycles. The molecule has 1 N–H and O–H groups in total. The maximum Gasteiger partial charge on any atom is 0.352 e. The van der Waals surface area contributed by atoms with Gasteiger partial charge in [-0.1, -0.05) is 39.0 Å². The third-order valence-corrected chi connectivity index (χ3v) is 10.2. The van der Waals surface area contributed by atoms with Crippen LogP contribution in [0.15, 0.2) is 53.2 Å². The number of nitrogens with one attached hydrogen (secondary N) is 1. The molecule has 2 aromatic rings. The maximum absolute atomic E-state index is 14.6. The summed E-state index contributed by atoms with van der Waals surface area (Å²) in [5, 5.41) is 2.22. The van der Waals surface area contributed by atoms with Crippen LogP contribution in [0.25, 0.3) is 0 Å². The van der Waals surface area contributed by atoms with Crippen molar-refractivity contribution < 1.29 is 22.7 Å². The second-order valence-corrected chi connectivity index (χ2v) is 13.9. The van der Waals surface area contributed by atoms with Gasteiger partial charge in [0, 0.05) is 5.56 Å². The van der Waals surface area contributed by atoms with Crippen LogP contribution in [0.5, 0.6) is 0 Å². The minimum atomic E-state index is -2.08. The Morgan fingerprint density at radius 3 is 2.53 bits per heavy atom. The second kappa shape index (κ2) is 9.05. The van der Waals surface area contributed by atoms with E-state index in [1.807, 2.05) is 0 Å². The quantitative estimate of drug-likeness (QED) is 0.642. The second-order valence-electron chi connectivity index (χ2n) is 9.10. The van der Waals surface area contributed by atoms with E-state index in [0.29, 0.717) is 4.57 Å². The number of ether oxygens (including phenoxy) is 1. The highest BCUT2D eigenvalue weighted by Gasteiger charge is 2.39. The number of hydrogen-bond acceptors (Lipinski definition) is 5. The SMILES string of the molecule is CC(C)(C)[Si](C)(C)OC[C@@H]1C=C(F)[C@H](n2cc(F)c(NC(=O)c3ccccc3)nc2=O)O1. The Morgan fingerprint density at radius 2 is 1.91 bits per heavy atom. The predicted octanol–water partition coefficient (Wildman–Crippen LogP) is 4.41. The van der Waals surface area contributed by atoms with Gasteiger partial charge in [-0.05, 0) is 36.3 Å². The summed E-state index contributed by atoms with van der Waals surface area (Å²) in [6, 6.07) is 8.09. The zero-order valence-corrected chi connectivity index (χ0v) is 19.7. The molecule has 1 amide bonds. The summed E-state index contributed by atoms with van der Waals surface area (Å²) in [7, 11) is -2.08. The molecule has 3 rings (SSSR count). The summed E-state index contributed by atoms with van der Waals surface area (Å²) in [6.07, 6.45) is -0.184. The standard InChI is InChI=1S/C22H27F2N3O4Si/c1-22(2,3)32(4,5)30-13-15-11-16(23)20(31-15)27-12-17(24)18(26-21(27)29)25-19(28)14-9-7-6-8-10-14/h6-12,15,20H,13H2,1-5H3,(H,25,26,28,29)/t15-,20+/m0/s1. The largest absolute Gasteiger partial charge is 0.414 e. The van der Waals surface area contributed by atoms with Crippen LogP contribution in [0.4, 0.5) is 14.6 Å². The van der Waals surface area contributed by atoms with E-state index in [-0.39, 0.29) is 17.2 Å². The summed E-state index contributed by atoms with van der Waals surface area (Å²) in [5.74, 6) is -2.90. The fourth-order valence-electron chi connectivity index (χ4n) is 2.79. The number of hydrogen-bond donors (Lipinski definition) is 1. The zero-order chi connectivity index (χ0) is 23.7. The summed E-state index contributed by atoms with van der Waals surface area (Å²) >= 11 is 0. The first-order chi connectivity index (χ1) is 14.9. The summed E-state index contributed by atoms with van der Waals surface area (Å²) < 4.78 is 41.5. The molecule has 0 aliphatic carbocycles. The number of nitrogens with zero attached hydrogens (tertiary/aromatic N) is 2. The van der Waals surface area contributed by atoms with Crippen LogP contribution in [0.3, 0.4) is 0 Å². The lowest BCUT2D eigenvalue weighted by atomic mass is 10.2. The predicted molar refractivity (Wildman–Crippen MR) is 119 cm³/mol. The monoisotopic (exact) mass is 463 g/mol. The maximum atomic E-state index is 14.6. The van der Waals surface area contributed by atoms with E-state index < -0.39 is 49.7 Å². The first-order valence-electron chi connectivity index (χ1n) is 10.2. The van der Waals surface area contributed by atoms with Crippen molar-refractivity contribution in [3.63, 3.8) is 0 Å². The summed E-state index contributed by atoms with van der Waals surface area (Å²) in [5.41, 5.74) is -0.690. The molecule has 32 heavy (non-hydrogen) atoms. The van der Waals surface area contributed by atoms with Gasteiger partial charge in [0.05, 0.1) is 12.8 Å². The number of rotatable bonds is 6. The van der Waals surface area contributed by atoms with Gasteiger partial charge in [-0.25, -0.2) is 13.6 Å². The first kappa shape index (κ1) is 24.0. The van der Waals surface area contributed by atoms with Gasteiger partial charge in [0.2, 0.25) is 0 Å². The third kappa shape index (κ3) is 5.20. The van der Waals surface area contributed by atoms with Crippen molar-refractivity contribution in [2.24, 2.45) is 0 Å². The first-order valence-corrected chi connectivity index (χ1v) is 13.1. The molecule has 0 spiro atoms. The molecule has 0 radical (unpaired) electrons. The van der Waals surface area contributed by atoms with Crippen molar-refractivity contribution in [2.75, 3.05) is 11.9 Å².